The summed E-state index contributed by atoms with van der Waals surface area (Å²) in [7, 11) is 2.43. The maximum Gasteiger partial charge on any atom is 0.354 e. The van der Waals surface area contributed by atoms with E-state index in [0.717, 1.165) is 11.6 Å². The Balaban J connectivity index is 3.09. The summed E-state index contributed by atoms with van der Waals surface area (Å²) in [5.74, 6) is -1.09. The summed E-state index contributed by atoms with van der Waals surface area (Å²) >= 11 is 0. The minimum Gasteiger partial charge on any atom is -0.508 e. The van der Waals surface area contributed by atoms with Gasteiger partial charge < -0.3 is 19.9 Å². The molecule has 0 saturated carbocycles. The van der Waals surface area contributed by atoms with E-state index in [4.69, 9.17) is 0 Å². The number of anilines is 1. The highest BCUT2D eigenvalue weighted by Crippen LogP contribution is 2.28. The second-order valence-electron chi connectivity index (χ2n) is 4.63. The van der Waals surface area contributed by atoms with Crippen LogP contribution in [0.1, 0.15) is 25.3 Å². The Hall–Kier alpha value is -2.50. The third-order valence-electron chi connectivity index (χ3n) is 2.80. The van der Waals surface area contributed by atoms with Gasteiger partial charge in [-0.3, -0.25) is 0 Å². The molecule has 0 saturated heterocycles. The van der Waals surface area contributed by atoms with Gasteiger partial charge in [0.15, 0.2) is 0 Å². The molecule has 0 fully saturated rings. The number of benzene rings is 1. The first-order chi connectivity index (χ1) is 9.88. The van der Waals surface area contributed by atoms with Gasteiger partial charge in [-0.1, -0.05) is 13.8 Å². The molecule has 0 unspecified atom stereocenters. The van der Waals surface area contributed by atoms with Crippen molar-refractivity contribution in [3.63, 3.8) is 0 Å². The minimum atomic E-state index is -0.695. The summed E-state index contributed by atoms with van der Waals surface area (Å²) in [4.78, 5) is 22.9. The van der Waals surface area contributed by atoms with E-state index < -0.39 is 11.9 Å². The molecule has 0 heterocycles. The first kappa shape index (κ1) is 16.6. The SMILES string of the molecule is COC(=O)/C=C(/Nc1ccc(O)c(C(C)C)c1)C(=O)OC. The van der Waals surface area contributed by atoms with Crippen LogP contribution < -0.4 is 5.32 Å². The fourth-order valence-electron chi connectivity index (χ4n) is 1.68. The van der Waals surface area contributed by atoms with E-state index in [1.54, 1.807) is 12.1 Å². The van der Waals surface area contributed by atoms with Crippen LogP contribution >= 0.6 is 0 Å². The van der Waals surface area contributed by atoms with Gasteiger partial charge in [0.25, 0.3) is 0 Å². The molecule has 6 nitrogen and oxygen atoms in total. The maximum absolute atomic E-state index is 11.6. The largest absolute Gasteiger partial charge is 0.508 e. The highest BCUT2D eigenvalue weighted by Gasteiger charge is 2.14. The zero-order valence-corrected chi connectivity index (χ0v) is 12.5. The Labute approximate surface area is 123 Å². The van der Waals surface area contributed by atoms with Crippen molar-refractivity contribution in [2.24, 2.45) is 0 Å². The molecule has 0 amide bonds. The van der Waals surface area contributed by atoms with Gasteiger partial charge >= 0.3 is 11.9 Å². The van der Waals surface area contributed by atoms with Gasteiger partial charge in [0.05, 0.1) is 20.3 Å². The van der Waals surface area contributed by atoms with Gasteiger partial charge in [-0.2, -0.15) is 0 Å². The Morgan fingerprint density at radius 1 is 1.24 bits per heavy atom. The Kier molecular flexibility index (Phi) is 5.78. The van der Waals surface area contributed by atoms with Crippen LogP contribution in [0.3, 0.4) is 0 Å². The molecule has 0 radical (unpaired) electrons. The third-order valence-corrected chi connectivity index (χ3v) is 2.80. The molecule has 0 aromatic heterocycles. The lowest BCUT2D eigenvalue weighted by Crippen LogP contribution is -2.15. The summed E-state index contributed by atoms with van der Waals surface area (Å²) in [6.07, 6.45) is 1.01. The highest BCUT2D eigenvalue weighted by molar-refractivity contribution is 5.98. The molecule has 0 aliphatic heterocycles. The molecule has 0 spiro atoms. The van der Waals surface area contributed by atoms with Crippen LogP contribution in [0.25, 0.3) is 0 Å². The number of aromatic hydroxyl groups is 1. The van der Waals surface area contributed by atoms with E-state index in [2.05, 4.69) is 14.8 Å². The number of phenols is 1. The molecule has 114 valence electrons. The monoisotopic (exact) mass is 293 g/mol. The molecule has 0 aliphatic carbocycles. The number of nitrogens with one attached hydrogen (secondary N) is 1. The zero-order chi connectivity index (χ0) is 16.0. The fourth-order valence-corrected chi connectivity index (χ4v) is 1.68. The van der Waals surface area contributed by atoms with Crippen molar-refractivity contribution in [1.29, 1.82) is 0 Å². The lowest BCUT2D eigenvalue weighted by molar-refractivity contribution is -0.138. The van der Waals surface area contributed by atoms with Gasteiger partial charge in [0.2, 0.25) is 0 Å². The van der Waals surface area contributed by atoms with E-state index in [-0.39, 0.29) is 17.4 Å². The summed E-state index contributed by atoms with van der Waals surface area (Å²) in [5, 5.41) is 12.6. The van der Waals surface area contributed by atoms with E-state index in [1.165, 1.54) is 20.3 Å². The second kappa shape index (κ2) is 7.33. The Morgan fingerprint density at radius 2 is 1.90 bits per heavy atom. The first-order valence-corrected chi connectivity index (χ1v) is 6.37. The lowest BCUT2D eigenvalue weighted by Gasteiger charge is -2.13. The van der Waals surface area contributed by atoms with Crippen LogP contribution in [0.2, 0.25) is 0 Å². The normalized spacial score (nSPS) is 11.2. The van der Waals surface area contributed by atoms with E-state index in [0.29, 0.717) is 5.69 Å². The number of phenolic OH excluding ortho intramolecular Hbond substituents is 1. The fraction of sp³-hybridized carbons (Fsp3) is 0.333. The predicted molar refractivity (Wildman–Crippen MR) is 77.9 cm³/mol. The zero-order valence-electron chi connectivity index (χ0n) is 12.5. The number of methoxy groups -OCH3 is 2. The second-order valence-corrected chi connectivity index (χ2v) is 4.63. The Bertz CT molecular complexity index is 563. The maximum atomic E-state index is 11.6. The average molecular weight is 293 g/mol. The van der Waals surface area contributed by atoms with Crippen LogP contribution in [0.5, 0.6) is 5.75 Å². The van der Waals surface area contributed by atoms with Gasteiger partial charge in [0.1, 0.15) is 11.4 Å². The standard InChI is InChI=1S/C15H19NO5/c1-9(2)11-7-10(5-6-13(11)17)16-12(15(19)21-4)8-14(18)20-3/h5-9,16-17H,1-4H3/b12-8+. The van der Waals surface area contributed by atoms with Crippen molar-refractivity contribution in [2.45, 2.75) is 19.8 Å². The van der Waals surface area contributed by atoms with Gasteiger partial charge in [-0.15, -0.1) is 0 Å². The molecular formula is C15H19NO5. The van der Waals surface area contributed by atoms with Crippen molar-refractivity contribution >= 4 is 17.6 Å². The van der Waals surface area contributed by atoms with Crippen molar-refractivity contribution in [3.05, 3.63) is 35.5 Å². The van der Waals surface area contributed by atoms with Gasteiger partial charge in [-0.25, -0.2) is 9.59 Å². The number of rotatable bonds is 5. The molecule has 2 N–H and O–H groups in total. The predicted octanol–water partition coefficient (Wildman–Crippen LogP) is 2.16. The molecule has 1 rings (SSSR count). The molecular weight excluding hydrogens is 274 g/mol. The molecule has 1 aromatic carbocycles. The average Bonchev–Trinajstić information content (AvgIpc) is 2.46. The molecule has 0 atom stereocenters. The summed E-state index contributed by atoms with van der Waals surface area (Å²) in [5.41, 5.74) is 1.23. The summed E-state index contributed by atoms with van der Waals surface area (Å²) < 4.78 is 9.10. The van der Waals surface area contributed by atoms with Crippen LogP contribution in [0.15, 0.2) is 30.0 Å². The van der Waals surface area contributed by atoms with E-state index in [1.807, 2.05) is 13.8 Å². The van der Waals surface area contributed by atoms with Crippen molar-refractivity contribution in [1.82, 2.24) is 0 Å². The number of ether oxygens (including phenoxy) is 2. The first-order valence-electron chi connectivity index (χ1n) is 6.37. The minimum absolute atomic E-state index is 0.0512. The van der Waals surface area contributed by atoms with E-state index in [9.17, 15) is 14.7 Å². The highest BCUT2D eigenvalue weighted by atomic mass is 16.5. The van der Waals surface area contributed by atoms with Crippen LogP contribution in [-0.4, -0.2) is 31.3 Å². The third kappa shape index (κ3) is 4.52. The smallest absolute Gasteiger partial charge is 0.354 e. The molecule has 0 aliphatic rings. The number of hydrogen-bond acceptors (Lipinski definition) is 6. The van der Waals surface area contributed by atoms with Crippen molar-refractivity contribution < 1.29 is 24.2 Å². The van der Waals surface area contributed by atoms with Crippen molar-refractivity contribution in [3.8, 4) is 5.75 Å². The number of esters is 2. The number of hydrogen-bond donors (Lipinski definition) is 2. The quantitative estimate of drug-likeness (QED) is 0.491. The molecule has 6 heteroatoms. The molecule has 21 heavy (non-hydrogen) atoms. The van der Waals surface area contributed by atoms with Crippen LogP contribution in [0, 0.1) is 0 Å². The van der Waals surface area contributed by atoms with Crippen LogP contribution in [0.4, 0.5) is 5.69 Å². The summed E-state index contributed by atoms with van der Waals surface area (Å²) in [6.45, 7) is 3.87. The lowest BCUT2D eigenvalue weighted by atomic mass is 10.0. The van der Waals surface area contributed by atoms with Crippen LogP contribution in [-0.2, 0) is 19.1 Å². The topological polar surface area (TPSA) is 84.9 Å². The summed E-state index contributed by atoms with van der Waals surface area (Å²) in [6, 6.07) is 4.81. The Morgan fingerprint density at radius 3 is 2.43 bits per heavy atom. The number of carbonyl (C=O) groups is 2. The number of carbonyl (C=O) groups excluding carboxylic acids is 2. The van der Waals surface area contributed by atoms with Gasteiger partial charge in [0, 0.05) is 5.69 Å². The van der Waals surface area contributed by atoms with Gasteiger partial charge in [-0.05, 0) is 29.7 Å². The molecule has 1 aromatic rings. The van der Waals surface area contributed by atoms with Crippen molar-refractivity contribution in [2.75, 3.05) is 19.5 Å². The molecule has 0 bridgehead atoms. The van der Waals surface area contributed by atoms with E-state index >= 15 is 0 Å².